The second-order valence-corrected chi connectivity index (χ2v) is 9.67. The minimum Gasteiger partial charge on any atom is -0.497 e. The smallest absolute Gasteiger partial charge is 0.178 e. The van der Waals surface area contributed by atoms with Crippen molar-refractivity contribution in [3.63, 3.8) is 0 Å². The molecular formula is C32H28FNO4. The topological polar surface area (TPSA) is 48.0 Å². The van der Waals surface area contributed by atoms with Gasteiger partial charge >= 0.3 is 0 Å². The maximum Gasteiger partial charge on any atom is 0.178 e. The molecule has 38 heavy (non-hydrogen) atoms. The number of methoxy groups -OCH3 is 2. The van der Waals surface area contributed by atoms with Crippen molar-refractivity contribution in [3.8, 4) is 17.2 Å². The van der Waals surface area contributed by atoms with E-state index in [1.54, 1.807) is 19.2 Å². The lowest BCUT2D eigenvalue weighted by Gasteiger charge is -2.37. The van der Waals surface area contributed by atoms with E-state index in [0.29, 0.717) is 33.4 Å². The zero-order valence-electron chi connectivity index (χ0n) is 21.4. The maximum absolute atomic E-state index is 15.1. The molecule has 5 nitrogen and oxygen atoms in total. The quantitative estimate of drug-likeness (QED) is 0.269. The van der Waals surface area contributed by atoms with Crippen molar-refractivity contribution < 1.29 is 23.4 Å². The van der Waals surface area contributed by atoms with E-state index in [-0.39, 0.29) is 0 Å². The van der Waals surface area contributed by atoms with E-state index in [1.807, 2.05) is 36.4 Å². The van der Waals surface area contributed by atoms with Crippen LogP contribution >= 0.6 is 0 Å². The van der Waals surface area contributed by atoms with E-state index >= 15 is 4.39 Å². The molecule has 1 saturated heterocycles. The first-order chi connectivity index (χ1) is 18.6. The molecule has 4 aromatic rings. The normalized spacial score (nSPS) is 18.2. The number of carbonyl (C=O) groups is 1. The molecule has 1 unspecified atom stereocenters. The number of hydrogen-bond donors (Lipinski definition) is 0. The third-order valence-corrected chi connectivity index (χ3v) is 7.60. The highest BCUT2D eigenvalue weighted by molar-refractivity contribution is 6.00. The maximum atomic E-state index is 15.1. The summed E-state index contributed by atoms with van der Waals surface area (Å²) in [5.74, 6) is 1.06. The molecule has 0 aliphatic carbocycles. The minimum atomic E-state index is -1.02. The highest BCUT2D eigenvalue weighted by Crippen LogP contribution is 2.47. The lowest BCUT2D eigenvalue weighted by atomic mass is 9.82. The van der Waals surface area contributed by atoms with E-state index in [0.717, 1.165) is 36.3 Å². The molecule has 0 N–H and O–H groups in total. The van der Waals surface area contributed by atoms with Gasteiger partial charge in [-0.15, -0.1) is 0 Å². The number of hydrogen-bond acceptors (Lipinski definition) is 5. The highest BCUT2D eigenvalue weighted by atomic mass is 19.1. The van der Waals surface area contributed by atoms with Gasteiger partial charge in [-0.3, -0.25) is 4.79 Å². The second kappa shape index (κ2) is 9.53. The van der Waals surface area contributed by atoms with Crippen molar-refractivity contribution in [2.24, 2.45) is 0 Å². The Morgan fingerprint density at radius 3 is 2.16 bits per heavy atom. The Labute approximate surface area is 221 Å². The number of ether oxygens (including phenoxy) is 3. The number of fused-ring (bicyclic) bond motifs is 3. The van der Waals surface area contributed by atoms with Crippen LogP contribution in [0.5, 0.6) is 17.2 Å². The molecule has 192 valence electrons. The number of rotatable bonds is 6. The largest absolute Gasteiger partial charge is 0.497 e. The first-order valence-electron chi connectivity index (χ1n) is 12.7. The van der Waals surface area contributed by atoms with Crippen LogP contribution in [0, 0.1) is 5.82 Å². The molecule has 6 rings (SSSR count). The molecule has 2 heterocycles. The summed E-state index contributed by atoms with van der Waals surface area (Å²) in [6.07, 6.45) is 7.01. The molecule has 6 heteroatoms. The first kappa shape index (κ1) is 24.0. The molecule has 0 radical (unpaired) electrons. The van der Waals surface area contributed by atoms with Gasteiger partial charge < -0.3 is 19.1 Å². The number of carbonyl (C=O) groups excluding carboxylic acids is 1. The van der Waals surface area contributed by atoms with Crippen LogP contribution in [0.25, 0.3) is 16.8 Å². The molecule has 4 aromatic carbocycles. The van der Waals surface area contributed by atoms with Crippen LogP contribution in [-0.2, 0) is 5.60 Å². The van der Waals surface area contributed by atoms with Crippen LogP contribution in [0.15, 0.2) is 72.8 Å². The summed E-state index contributed by atoms with van der Waals surface area (Å²) in [6, 6.07) is 20.8. The van der Waals surface area contributed by atoms with Gasteiger partial charge in [-0.05, 0) is 61.4 Å². The Morgan fingerprint density at radius 1 is 0.868 bits per heavy atom. The first-order valence-corrected chi connectivity index (χ1v) is 12.7. The Hall–Kier alpha value is -4.32. The molecule has 2 aliphatic rings. The van der Waals surface area contributed by atoms with Gasteiger partial charge in [0.15, 0.2) is 11.9 Å². The summed E-state index contributed by atoms with van der Waals surface area (Å²) >= 11 is 0. The van der Waals surface area contributed by atoms with Gasteiger partial charge in [-0.2, -0.15) is 0 Å². The molecule has 0 aromatic heterocycles. The van der Waals surface area contributed by atoms with Crippen molar-refractivity contribution in [2.75, 3.05) is 32.2 Å². The molecule has 1 atom stereocenters. The number of halogens is 1. The Kier molecular flexibility index (Phi) is 6.03. The third kappa shape index (κ3) is 3.88. The fourth-order valence-electron chi connectivity index (χ4n) is 5.54. The highest BCUT2D eigenvalue weighted by Gasteiger charge is 2.39. The molecular weight excluding hydrogens is 481 g/mol. The van der Waals surface area contributed by atoms with Gasteiger partial charge in [-0.25, -0.2) is 4.39 Å². The number of aldehydes is 1. The molecule has 0 bridgehead atoms. The van der Waals surface area contributed by atoms with Crippen LogP contribution in [0.1, 0.15) is 39.9 Å². The van der Waals surface area contributed by atoms with Crippen LogP contribution < -0.4 is 19.1 Å². The lowest BCUT2D eigenvalue weighted by Crippen LogP contribution is -2.34. The van der Waals surface area contributed by atoms with E-state index in [2.05, 4.69) is 29.2 Å². The van der Waals surface area contributed by atoms with Crippen LogP contribution in [0.4, 0.5) is 10.1 Å². The Morgan fingerprint density at radius 2 is 1.53 bits per heavy atom. The summed E-state index contributed by atoms with van der Waals surface area (Å²) in [5.41, 5.74) is 2.93. The molecule has 0 spiro atoms. The van der Waals surface area contributed by atoms with Crippen molar-refractivity contribution in [2.45, 2.75) is 18.4 Å². The monoisotopic (exact) mass is 509 g/mol. The predicted molar refractivity (Wildman–Crippen MR) is 147 cm³/mol. The molecule has 0 saturated carbocycles. The standard InChI is InChI=1S/C32H28FNO4/c1-36-25-11-7-23(8-12-25)32(22-5-9-24(10-6-22)34-15-3-4-16-34)14-13-27-21(20-35)17-28-29(31(27)38-32)18-26(37-2)19-30(28)33/h5-14,17-20H,3-4,15-16H2,1-2H3. The summed E-state index contributed by atoms with van der Waals surface area (Å²) in [4.78, 5) is 14.4. The fraction of sp³-hybridized carbons (Fsp3) is 0.219. The van der Waals surface area contributed by atoms with Crippen LogP contribution in [0.3, 0.4) is 0 Å². The van der Waals surface area contributed by atoms with E-state index in [9.17, 15) is 4.79 Å². The zero-order chi connectivity index (χ0) is 26.3. The second-order valence-electron chi connectivity index (χ2n) is 9.67. The van der Waals surface area contributed by atoms with Crippen molar-refractivity contribution in [1.29, 1.82) is 0 Å². The van der Waals surface area contributed by atoms with Crippen LogP contribution in [0.2, 0.25) is 0 Å². The van der Waals surface area contributed by atoms with Gasteiger partial charge in [0, 0.05) is 57.9 Å². The minimum absolute atomic E-state index is 0.301. The average molecular weight is 510 g/mol. The van der Waals surface area contributed by atoms with Gasteiger partial charge in [0.05, 0.1) is 14.2 Å². The van der Waals surface area contributed by atoms with Crippen molar-refractivity contribution >= 4 is 28.8 Å². The SMILES string of the molecule is COc1ccc(C2(c3ccc(N4CCCC4)cc3)C=Cc3c(C=O)cc4c(F)cc(OC)cc4c3O2)cc1. The summed E-state index contributed by atoms with van der Waals surface area (Å²) < 4.78 is 32.8. The third-order valence-electron chi connectivity index (χ3n) is 7.60. The number of benzene rings is 4. The van der Waals surface area contributed by atoms with Crippen molar-refractivity contribution in [1.82, 2.24) is 0 Å². The number of anilines is 1. The molecule has 0 amide bonds. The summed E-state index contributed by atoms with van der Waals surface area (Å²) in [5, 5.41) is 0.841. The van der Waals surface area contributed by atoms with Gasteiger partial charge in [0.1, 0.15) is 23.1 Å². The summed E-state index contributed by atoms with van der Waals surface area (Å²) in [7, 11) is 3.13. The van der Waals surface area contributed by atoms with E-state index < -0.39 is 11.4 Å². The number of nitrogens with zero attached hydrogens (tertiary/aromatic N) is 1. The fourth-order valence-corrected chi connectivity index (χ4v) is 5.54. The molecule has 1 fully saturated rings. The Bertz CT molecular complexity index is 1540. The van der Waals surface area contributed by atoms with Gasteiger partial charge in [-0.1, -0.05) is 24.3 Å². The van der Waals surface area contributed by atoms with Crippen LogP contribution in [-0.4, -0.2) is 33.6 Å². The van der Waals surface area contributed by atoms with Gasteiger partial charge in [0.25, 0.3) is 0 Å². The molecule has 2 aliphatic heterocycles. The summed E-state index contributed by atoms with van der Waals surface area (Å²) in [6.45, 7) is 2.11. The zero-order valence-corrected chi connectivity index (χ0v) is 21.4. The van der Waals surface area contributed by atoms with Crippen molar-refractivity contribution in [3.05, 3.63) is 101 Å². The van der Waals surface area contributed by atoms with E-state index in [1.165, 1.54) is 31.7 Å². The Balaban J connectivity index is 1.56. The predicted octanol–water partition coefficient (Wildman–Crippen LogP) is 6.76. The van der Waals surface area contributed by atoms with Gasteiger partial charge in [0.2, 0.25) is 0 Å². The average Bonchev–Trinajstić information content (AvgIpc) is 3.52. The lowest BCUT2D eigenvalue weighted by molar-refractivity contribution is 0.112. The van der Waals surface area contributed by atoms with E-state index in [4.69, 9.17) is 14.2 Å².